The first kappa shape index (κ1) is 30.5. The molecule has 0 amide bonds. The maximum absolute atomic E-state index is 12.0. The quantitative estimate of drug-likeness (QED) is 0.228. The normalized spacial score (nSPS) is 17.6. The molecular formula is C32H38N6O5S. The lowest BCUT2D eigenvalue weighted by Gasteiger charge is -2.37. The number of hydrogen-bond donors (Lipinski definition) is 2. The summed E-state index contributed by atoms with van der Waals surface area (Å²) in [5.41, 5.74) is 4.76. The van der Waals surface area contributed by atoms with E-state index >= 15 is 0 Å². The third kappa shape index (κ3) is 6.74. The first-order chi connectivity index (χ1) is 21.1. The first-order valence-corrected chi connectivity index (χ1v) is 16.1. The van der Waals surface area contributed by atoms with Gasteiger partial charge in [0.05, 0.1) is 35.2 Å². The van der Waals surface area contributed by atoms with Gasteiger partial charge in [0.15, 0.2) is 0 Å². The zero-order chi connectivity index (χ0) is 30.9. The number of nitrogens with zero attached hydrogens (tertiary/aromatic N) is 6. The van der Waals surface area contributed by atoms with Crippen LogP contribution in [0.4, 0.5) is 4.79 Å². The number of rotatable bonds is 6. The van der Waals surface area contributed by atoms with E-state index in [4.69, 9.17) is 19.5 Å². The van der Waals surface area contributed by atoms with Gasteiger partial charge in [-0.1, -0.05) is 36.4 Å². The summed E-state index contributed by atoms with van der Waals surface area (Å²) < 4.78 is 7.21. The summed E-state index contributed by atoms with van der Waals surface area (Å²) in [7, 11) is 0. The molecule has 0 unspecified atom stereocenters. The zero-order valence-electron chi connectivity index (χ0n) is 25.2. The lowest BCUT2D eigenvalue weighted by atomic mass is 10.0. The fourth-order valence-electron chi connectivity index (χ4n) is 5.58. The van der Waals surface area contributed by atoms with E-state index in [2.05, 4.69) is 5.10 Å². The summed E-state index contributed by atoms with van der Waals surface area (Å²) in [6.07, 6.45) is 6.41. The largest absolute Gasteiger partial charge is 0.528 e. The molecule has 2 aromatic heterocycles. The van der Waals surface area contributed by atoms with Crippen molar-refractivity contribution in [3.05, 3.63) is 66.6 Å². The van der Waals surface area contributed by atoms with Crippen molar-refractivity contribution in [3.63, 3.8) is 0 Å². The lowest BCUT2D eigenvalue weighted by Crippen LogP contribution is -2.49. The lowest BCUT2D eigenvalue weighted by molar-refractivity contribution is -0.273. The molecule has 44 heavy (non-hydrogen) atoms. The van der Waals surface area contributed by atoms with Gasteiger partial charge in [-0.25, -0.2) is 14.7 Å². The van der Waals surface area contributed by atoms with E-state index in [1.54, 1.807) is 34.5 Å². The molecule has 2 aliphatic heterocycles. The molecule has 0 atom stereocenters. The number of carbonyl (C=O) groups is 1. The van der Waals surface area contributed by atoms with E-state index < -0.39 is 17.7 Å². The minimum atomic E-state index is -2.01. The summed E-state index contributed by atoms with van der Waals surface area (Å²) in [4.78, 5) is 28.8. The highest BCUT2D eigenvalue weighted by molar-refractivity contribution is 7.99. The molecule has 4 heterocycles. The molecule has 0 radical (unpaired) electrons. The van der Waals surface area contributed by atoms with Gasteiger partial charge < -0.3 is 19.8 Å². The van der Waals surface area contributed by atoms with Crippen molar-refractivity contribution in [2.45, 2.75) is 51.2 Å². The van der Waals surface area contributed by atoms with Crippen molar-refractivity contribution in [3.8, 4) is 22.4 Å². The summed E-state index contributed by atoms with van der Waals surface area (Å²) in [5, 5.41) is 28.1. The van der Waals surface area contributed by atoms with Crippen LogP contribution in [-0.4, -0.2) is 89.4 Å². The van der Waals surface area contributed by atoms with E-state index in [1.165, 1.54) is 0 Å². The van der Waals surface area contributed by atoms with E-state index in [1.807, 2.05) is 73.7 Å². The number of piperidine rings is 1. The van der Waals surface area contributed by atoms with Crippen LogP contribution in [0.1, 0.15) is 45.2 Å². The Hall–Kier alpha value is -3.55. The predicted octanol–water partition coefficient (Wildman–Crippen LogP) is 4.81. The number of fused-ring (bicyclic) bond motifs is 1. The average Bonchev–Trinajstić information content (AvgIpc) is 3.51. The highest BCUT2D eigenvalue weighted by Gasteiger charge is 2.35. The Bertz CT molecular complexity index is 1610. The molecule has 2 aliphatic rings. The van der Waals surface area contributed by atoms with Crippen molar-refractivity contribution in [2.24, 2.45) is 0 Å². The summed E-state index contributed by atoms with van der Waals surface area (Å²) >= 11 is 1.82. The molecule has 0 aliphatic carbocycles. The van der Waals surface area contributed by atoms with E-state index in [0.717, 1.165) is 52.1 Å². The van der Waals surface area contributed by atoms with Crippen LogP contribution in [-0.2, 0) is 15.5 Å². The standard InChI is InChI=1S/C32H38N6O5S/c1-31(2,3)42-30(39)43-37-13-11-25(12-14-37)38-21-23(19-34-38)28-20-33-27-6-4-5-26(29(27)35-28)22-7-9-24(10-8-22)32(40,41)36-15-17-44-18-16-36/h4-10,19-21,25,40-41H,11-18H2,1-3H3. The van der Waals surface area contributed by atoms with Crippen LogP contribution in [0.2, 0.25) is 0 Å². The highest BCUT2D eigenvalue weighted by atomic mass is 32.2. The molecule has 4 aromatic rings. The summed E-state index contributed by atoms with van der Waals surface area (Å²) in [5.74, 6) is -0.255. The monoisotopic (exact) mass is 618 g/mol. The van der Waals surface area contributed by atoms with Gasteiger partial charge in [-0.05, 0) is 45.2 Å². The van der Waals surface area contributed by atoms with E-state index in [0.29, 0.717) is 37.4 Å². The van der Waals surface area contributed by atoms with Crippen LogP contribution in [0.3, 0.4) is 0 Å². The minimum absolute atomic E-state index is 0.165. The molecule has 12 heteroatoms. The predicted molar refractivity (Wildman–Crippen MR) is 168 cm³/mol. The molecule has 2 N–H and O–H groups in total. The molecule has 2 saturated heterocycles. The van der Waals surface area contributed by atoms with Gasteiger partial charge in [-0.3, -0.25) is 9.67 Å². The molecular weight excluding hydrogens is 580 g/mol. The maximum Gasteiger partial charge on any atom is 0.528 e. The number of ether oxygens (including phenoxy) is 1. The second-order valence-corrected chi connectivity index (χ2v) is 13.4. The van der Waals surface area contributed by atoms with Crippen molar-refractivity contribution < 1.29 is 24.6 Å². The summed E-state index contributed by atoms with van der Waals surface area (Å²) in [6, 6.07) is 13.4. The molecule has 232 valence electrons. The van der Waals surface area contributed by atoms with Crippen LogP contribution in [0, 0.1) is 0 Å². The van der Waals surface area contributed by atoms with Crippen LogP contribution >= 0.6 is 11.8 Å². The Labute approximate surface area is 260 Å². The number of benzene rings is 2. The Morgan fingerprint density at radius 1 is 0.955 bits per heavy atom. The smallest absolute Gasteiger partial charge is 0.427 e. The van der Waals surface area contributed by atoms with Gasteiger partial charge in [0, 0.05) is 60.6 Å². The fraction of sp³-hybridized carbons (Fsp3) is 0.438. The van der Waals surface area contributed by atoms with Gasteiger partial charge in [0.1, 0.15) is 5.60 Å². The van der Waals surface area contributed by atoms with Crippen molar-refractivity contribution in [1.29, 1.82) is 0 Å². The van der Waals surface area contributed by atoms with Gasteiger partial charge in [-0.2, -0.15) is 16.9 Å². The van der Waals surface area contributed by atoms with Gasteiger partial charge in [0.2, 0.25) is 0 Å². The van der Waals surface area contributed by atoms with Crippen LogP contribution < -0.4 is 0 Å². The van der Waals surface area contributed by atoms with Crippen LogP contribution in [0.25, 0.3) is 33.4 Å². The third-order valence-corrected chi connectivity index (χ3v) is 8.84. The molecule has 0 bridgehead atoms. The zero-order valence-corrected chi connectivity index (χ0v) is 26.0. The number of thioether (sulfide) groups is 1. The van der Waals surface area contributed by atoms with E-state index in [9.17, 15) is 15.0 Å². The number of carbonyl (C=O) groups excluding carboxylic acids is 1. The second kappa shape index (κ2) is 12.4. The van der Waals surface area contributed by atoms with Crippen LogP contribution in [0.15, 0.2) is 61.1 Å². The third-order valence-electron chi connectivity index (χ3n) is 7.90. The topological polar surface area (TPSA) is 126 Å². The first-order valence-electron chi connectivity index (χ1n) is 14.9. The van der Waals surface area contributed by atoms with Gasteiger partial charge in [-0.15, -0.1) is 5.06 Å². The molecule has 0 saturated carbocycles. The molecule has 6 rings (SSSR count). The number of aromatic nitrogens is 4. The van der Waals surface area contributed by atoms with Crippen LogP contribution in [0.5, 0.6) is 0 Å². The minimum Gasteiger partial charge on any atom is -0.427 e. The molecule has 2 fully saturated rings. The molecule has 11 nitrogen and oxygen atoms in total. The summed E-state index contributed by atoms with van der Waals surface area (Å²) in [6.45, 7) is 7.84. The fourth-order valence-corrected chi connectivity index (χ4v) is 6.48. The second-order valence-electron chi connectivity index (χ2n) is 12.2. The highest BCUT2D eigenvalue weighted by Crippen LogP contribution is 2.32. The number of hydroxylamine groups is 2. The number of para-hydroxylation sites is 1. The Morgan fingerprint density at radius 2 is 1.68 bits per heavy atom. The number of aliphatic hydroxyl groups is 2. The SMILES string of the molecule is CC(C)(C)OC(=O)ON1CCC(n2cc(-c3cnc4cccc(-c5ccc(C(O)(O)N6CCSCC6)cc5)c4n3)cn2)CC1. The van der Waals surface area contributed by atoms with Crippen molar-refractivity contribution >= 4 is 29.0 Å². The maximum atomic E-state index is 12.0. The van der Waals surface area contributed by atoms with Crippen molar-refractivity contribution in [1.82, 2.24) is 29.7 Å². The number of hydrogen-bond acceptors (Lipinski definition) is 11. The molecule has 2 aromatic carbocycles. The Morgan fingerprint density at radius 3 is 2.39 bits per heavy atom. The Kier molecular flexibility index (Phi) is 8.62. The Balaban J connectivity index is 1.17. The van der Waals surface area contributed by atoms with E-state index in [-0.39, 0.29) is 6.04 Å². The molecule has 0 spiro atoms. The van der Waals surface area contributed by atoms with Gasteiger partial charge >= 0.3 is 6.16 Å². The average molecular weight is 619 g/mol. The van der Waals surface area contributed by atoms with Gasteiger partial charge in [0.25, 0.3) is 5.91 Å². The van der Waals surface area contributed by atoms with Crippen molar-refractivity contribution in [2.75, 3.05) is 37.7 Å².